The molecule has 0 amide bonds. The van der Waals surface area contributed by atoms with Gasteiger partial charge in [-0.1, -0.05) is 6.08 Å². The molecule has 9 heavy (non-hydrogen) atoms. The number of ketones is 1. The summed E-state index contributed by atoms with van der Waals surface area (Å²) in [6.07, 6.45) is 2.31. The third-order valence-electron chi connectivity index (χ3n) is 1.03. The van der Waals surface area contributed by atoms with Gasteiger partial charge in [-0.3, -0.25) is 4.79 Å². The van der Waals surface area contributed by atoms with E-state index in [-0.39, 0.29) is 5.78 Å². The minimum Gasteiger partial charge on any atom is -0.292 e. The molecule has 0 aromatic carbocycles. The Hall–Kier alpha value is -0.570. The van der Waals surface area contributed by atoms with Gasteiger partial charge in [0.1, 0.15) is 0 Å². The van der Waals surface area contributed by atoms with Crippen LogP contribution in [0.3, 0.4) is 0 Å². The topological polar surface area (TPSA) is 29.4 Å². The Morgan fingerprint density at radius 2 is 2.67 bits per heavy atom. The maximum atomic E-state index is 10.8. The van der Waals surface area contributed by atoms with E-state index in [1.165, 1.54) is 11.9 Å². The highest BCUT2D eigenvalue weighted by molar-refractivity contribution is 7.99. The Labute approximate surface area is 58.2 Å². The van der Waals surface area contributed by atoms with Gasteiger partial charge in [-0.15, -0.1) is 6.58 Å². The lowest BCUT2D eigenvalue weighted by molar-refractivity contribution is -0.110. The summed E-state index contributed by atoms with van der Waals surface area (Å²) in [5.74, 6) is 0.670. The smallest absolute Gasteiger partial charge is 0.189 e. The van der Waals surface area contributed by atoms with Crippen molar-refractivity contribution in [1.82, 2.24) is 0 Å². The average molecular weight is 141 g/mol. The third kappa shape index (κ3) is 1.42. The second-order valence-corrected chi connectivity index (χ2v) is 2.46. The summed E-state index contributed by atoms with van der Waals surface area (Å²) in [5.41, 5.74) is 0.662. The van der Waals surface area contributed by atoms with Crippen molar-refractivity contribution in [1.29, 1.82) is 0 Å². The molecule has 1 heterocycles. The van der Waals surface area contributed by atoms with E-state index in [1.807, 2.05) is 0 Å². The van der Waals surface area contributed by atoms with Crippen LogP contribution in [0.5, 0.6) is 0 Å². The van der Waals surface area contributed by atoms with Crippen molar-refractivity contribution < 1.29 is 4.79 Å². The largest absolute Gasteiger partial charge is 0.292 e. The molecule has 0 aromatic rings. The van der Waals surface area contributed by atoms with Gasteiger partial charge in [-0.2, -0.15) is 0 Å². The van der Waals surface area contributed by atoms with E-state index in [2.05, 4.69) is 11.0 Å². The van der Waals surface area contributed by atoms with E-state index in [1.54, 1.807) is 6.08 Å². The number of rotatable bonds is 2. The summed E-state index contributed by atoms with van der Waals surface area (Å²) < 4.78 is 3.92. The van der Waals surface area contributed by atoms with Gasteiger partial charge in [-0.25, -0.2) is 4.40 Å². The van der Waals surface area contributed by atoms with E-state index >= 15 is 0 Å². The minimum atomic E-state index is 0.153. The van der Waals surface area contributed by atoms with Crippen LogP contribution in [-0.4, -0.2) is 17.2 Å². The zero-order valence-corrected chi connectivity index (χ0v) is 5.78. The zero-order chi connectivity index (χ0) is 6.69. The minimum absolute atomic E-state index is 0.153. The molecule has 0 atom stereocenters. The first-order valence-electron chi connectivity index (χ1n) is 2.67. The second-order valence-electron chi connectivity index (χ2n) is 1.73. The first-order valence-corrected chi connectivity index (χ1v) is 3.62. The van der Waals surface area contributed by atoms with Gasteiger partial charge < -0.3 is 0 Å². The Kier molecular flexibility index (Phi) is 2.05. The van der Waals surface area contributed by atoms with E-state index < -0.39 is 0 Å². The van der Waals surface area contributed by atoms with Gasteiger partial charge in [0.2, 0.25) is 0 Å². The van der Waals surface area contributed by atoms with Crippen LogP contribution in [0.1, 0.15) is 6.42 Å². The molecular formula is C6H7NOS. The van der Waals surface area contributed by atoms with Crippen molar-refractivity contribution >= 4 is 23.4 Å². The number of carbonyl (C=O) groups is 1. The van der Waals surface area contributed by atoms with Gasteiger partial charge in [0.25, 0.3) is 0 Å². The number of carbonyl (C=O) groups excluding carboxylic acids is 1. The molecule has 0 spiro atoms. The molecule has 0 fully saturated rings. The SMILES string of the molecule is C=CCC1=NSCC1=O. The molecule has 0 saturated heterocycles. The van der Waals surface area contributed by atoms with Gasteiger partial charge in [0, 0.05) is 6.42 Å². The number of Topliss-reactive ketones (excluding diaryl/α,β-unsaturated/α-hetero) is 1. The van der Waals surface area contributed by atoms with Crippen LogP contribution in [0.25, 0.3) is 0 Å². The van der Waals surface area contributed by atoms with Gasteiger partial charge in [-0.05, 0) is 11.9 Å². The fourth-order valence-corrected chi connectivity index (χ4v) is 1.27. The molecule has 2 nitrogen and oxygen atoms in total. The van der Waals surface area contributed by atoms with Gasteiger partial charge in [0.15, 0.2) is 5.78 Å². The van der Waals surface area contributed by atoms with E-state index in [4.69, 9.17) is 0 Å². The Morgan fingerprint density at radius 1 is 1.89 bits per heavy atom. The first kappa shape index (κ1) is 6.55. The fourth-order valence-electron chi connectivity index (χ4n) is 0.591. The van der Waals surface area contributed by atoms with Crippen LogP contribution in [0.15, 0.2) is 17.1 Å². The molecule has 0 saturated carbocycles. The number of nitrogens with zero attached hydrogens (tertiary/aromatic N) is 1. The van der Waals surface area contributed by atoms with Crippen molar-refractivity contribution in [3.63, 3.8) is 0 Å². The van der Waals surface area contributed by atoms with Crippen molar-refractivity contribution in [2.75, 3.05) is 5.75 Å². The van der Waals surface area contributed by atoms with Gasteiger partial charge in [0.05, 0.1) is 11.5 Å². The Balaban J connectivity index is 2.57. The molecular weight excluding hydrogens is 134 g/mol. The monoisotopic (exact) mass is 141 g/mol. The van der Waals surface area contributed by atoms with Crippen LogP contribution in [0.2, 0.25) is 0 Å². The van der Waals surface area contributed by atoms with Crippen molar-refractivity contribution in [2.24, 2.45) is 4.40 Å². The molecule has 1 aliphatic heterocycles. The van der Waals surface area contributed by atoms with Crippen LogP contribution >= 0.6 is 11.9 Å². The predicted octanol–water partition coefficient (Wildman–Crippen LogP) is 1.23. The lowest BCUT2D eigenvalue weighted by atomic mass is 10.2. The number of hydrogen-bond acceptors (Lipinski definition) is 3. The zero-order valence-electron chi connectivity index (χ0n) is 4.96. The van der Waals surface area contributed by atoms with Crippen molar-refractivity contribution in [3.8, 4) is 0 Å². The number of hydrogen-bond donors (Lipinski definition) is 0. The fraction of sp³-hybridized carbons (Fsp3) is 0.333. The molecule has 0 radical (unpaired) electrons. The normalized spacial score (nSPS) is 17.8. The lowest BCUT2D eigenvalue weighted by Gasteiger charge is -1.86. The highest BCUT2D eigenvalue weighted by Gasteiger charge is 2.15. The standard InChI is InChI=1S/C6H7NOS/c1-2-3-5-6(8)4-9-7-5/h2H,1,3-4H2. The third-order valence-corrected chi connectivity index (χ3v) is 1.77. The van der Waals surface area contributed by atoms with E-state index in [9.17, 15) is 4.79 Å². The molecule has 1 aliphatic rings. The molecule has 0 bridgehead atoms. The van der Waals surface area contributed by atoms with E-state index in [0.717, 1.165) is 0 Å². The Bertz CT molecular complexity index is 174. The molecule has 3 heteroatoms. The summed E-state index contributed by atoms with van der Waals surface area (Å²) >= 11 is 1.32. The second kappa shape index (κ2) is 2.82. The summed E-state index contributed by atoms with van der Waals surface area (Å²) in [6, 6.07) is 0. The maximum absolute atomic E-state index is 10.8. The highest BCUT2D eigenvalue weighted by Crippen LogP contribution is 2.13. The predicted molar refractivity (Wildman–Crippen MR) is 39.7 cm³/mol. The summed E-state index contributed by atoms with van der Waals surface area (Å²) in [7, 11) is 0. The molecule has 1 rings (SSSR count). The summed E-state index contributed by atoms with van der Waals surface area (Å²) in [4.78, 5) is 10.8. The van der Waals surface area contributed by atoms with Crippen LogP contribution in [0.4, 0.5) is 0 Å². The van der Waals surface area contributed by atoms with Crippen molar-refractivity contribution in [3.05, 3.63) is 12.7 Å². The van der Waals surface area contributed by atoms with Crippen molar-refractivity contribution in [2.45, 2.75) is 6.42 Å². The van der Waals surface area contributed by atoms with Crippen LogP contribution in [0, 0.1) is 0 Å². The molecule has 0 unspecified atom stereocenters. The first-order chi connectivity index (χ1) is 4.34. The highest BCUT2D eigenvalue weighted by atomic mass is 32.2. The summed E-state index contributed by atoms with van der Waals surface area (Å²) in [6.45, 7) is 3.52. The summed E-state index contributed by atoms with van der Waals surface area (Å²) in [5, 5.41) is 0. The lowest BCUT2D eigenvalue weighted by Crippen LogP contribution is -2.09. The maximum Gasteiger partial charge on any atom is 0.189 e. The Morgan fingerprint density at radius 3 is 3.11 bits per heavy atom. The molecule has 0 aliphatic carbocycles. The molecule has 0 N–H and O–H groups in total. The quantitative estimate of drug-likeness (QED) is 0.427. The number of allylic oxidation sites excluding steroid dienone is 1. The molecule has 0 aromatic heterocycles. The van der Waals surface area contributed by atoms with E-state index in [0.29, 0.717) is 17.9 Å². The average Bonchev–Trinajstić information content (AvgIpc) is 2.18. The van der Waals surface area contributed by atoms with Gasteiger partial charge >= 0.3 is 0 Å². The van der Waals surface area contributed by atoms with Crippen LogP contribution in [-0.2, 0) is 4.79 Å². The van der Waals surface area contributed by atoms with Crippen LogP contribution < -0.4 is 0 Å². The molecule has 48 valence electrons.